The minimum Gasteiger partial charge on any atom is -0.392 e. The zero-order chi connectivity index (χ0) is 31.5. The van der Waals surface area contributed by atoms with Gasteiger partial charge in [0.05, 0.1) is 36.4 Å². The van der Waals surface area contributed by atoms with Crippen LogP contribution in [0.15, 0.2) is 41.3 Å². The normalized spacial score (nSPS) is 18.2. The predicted octanol–water partition coefficient (Wildman–Crippen LogP) is 4.72. The Morgan fingerprint density at radius 2 is 1.91 bits per heavy atom. The largest absolute Gasteiger partial charge is 0.392 e. The number of anilines is 3. The molecule has 4 aromatic rings. The van der Waals surface area contributed by atoms with Crippen molar-refractivity contribution in [1.82, 2.24) is 14.5 Å². The number of carbonyl (C=O) groups is 1. The van der Waals surface area contributed by atoms with Gasteiger partial charge in [0.15, 0.2) is 0 Å². The summed E-state index contributed by atoms with van der Waals surface area (Å²) in [5.41, 5.74) is 6.47. The van der Waals surface area contributed by atoms with E-state index in [1.54, 1.807) is 35.5 Å². The highest BCUT2D eigenvalue weighted by atomic mass is 32.1. The van der Waals surface area contributed by atoms with Crippen molar-refractivity contribution in [1.29, 1.82) is 0 Å². The third-order valence-corrected chi connectivity index (χ3v) is 11.2. The van der Waals surface area contributed by atoms with E-state index in [2.05, 4.69) is 16.3 Å². The smallest absolute Gasteiger partial charge is 0.274 e. The van der Waals surface area contributed by atoms with Gasteiger partial charge in [-0.2, -0.15) is 0 Å². The minimum atomic E-state index is -0.520. The number of carbonyl (C=O) groups excluding carboxylic acids is 1. The Kier molecular flexibility index (Phi) is 7.51. The lowest BCUT2D eigenvalue weighted by molar-refractivity contribution is -0.0696. The summed E-state index contributed by atoms with van der Waals surface area (Å²) < 4.78 is 22.2. The number of hydrogen-bond acceptors (Lipinski definition) is 8. The molecule has 1 aliphatic carbocycles. The molecule has 8 rings (SSSR count). The summed E-state index contributed by atoms with van der Waals surface area (Å²) in [6, 6.07) is 8.77. The first-order valence-electron chi connectivity index (χ1n) is 16.0. The van der Waals surface area contributed by atoms with E-state index < -0.39 is 12.4 Å². The summed E-state index contributed by atoms with van der Waals surface area (Å²) >= 11 is 1.58. The summed E-state index contributed by atoms with van der Waals surface area (Å²) in [6.07, 6.45) is 7.46. The molecule has 3 aromatic heterocycles. The van der Waals surface area contributed by atoms with Crippen LogP contribution in [-0.2, 0) is 50.6 Å². The third-order valence-electron chi connectivity index (χ3n) is 9.92. The number of aliphatic hydroxyl groups excluding tert-OH is 1. The maximum Gasteiger partial charge on any atom is 0.274 e. The molecule has 0 radical (unpaired) electrons. The highest BCUT2D eigenvalue weighted by molar-refractivity contribution is 7.14. The molecule has 46 heavy (non-hydrogen) atoms. The van der Waals surface area contributed by atoms with Gasteiger partial charge in [-0.3, -0.25) is 14.5 Å². The van der Waals surface area contributed by atoms with Crippen LogP contribution in [0.4, 0.5) is 21.6 Å². The van der Waals surface area contributed by atoms with Crippen LogP contribution in [-0.4, -0.2) is 57.8 Å². The maximum atomic E-state index is 15.4. The molecule has 0 spiro atoms. The average molecular weight is 642 g/mol. The SMILES string of the molecule is Cn1cc(-c2cc(F)cc(N3CCc4c(sc5c4CCCC5)C3=O)c2CO)cc(Nc2ccc3c(n2)CCN(C2COC2)C3)c1=O. The Balaban J connectivity index is 1.11. The molecule has 6 heterocycles. The van der Waals surface area contributed by atoms with Crippen molar-refractivity contribution in [3.8, 4) is 11.1 Å². The Morgan fingerprint density at radius 1 is 1.07 bits per heavy atom. The number of benzene rings is 1. The number of hydrogen-bond donors (Lipinski definition) is 2. The van der Waals surface area contributed by atoms with Crippen molar-refractivity contribution in [3.05, 3.63) is 90.4 Å². The molecule has 9 nitrogen and oxygen atoms in total. The van der Waals surface area contributed by atoms with Gasteiger partial charge >= 0.3 is 0 Å². The van der Waals surface area contributed by atoms with E-state index in [9.17, 15) is 14.7 Å². The lowest BCUT2D eigenvalue weighted by atomic mass is 9.91. The monoisotopic (exact) mass is 641 g/mol. The van der Waals surface area contributed by atoms with Gasteiger partial charge in [0.25, 0.3) is 11.5 Å². The van der Waals surface area contributed by atoms with Gasteiger partial charge in [-0.25, -0.2) is 9.37 Å². The van der Waals surface area contributed by atoms with Crippen molar-refractivity contribution < 1.29 is 19.0 Å². The fraction of sp³-hybridized carbons (Fsp3) is 0.400. The Hall–Kier alpha value is -3.90. The molecule has 0 atom stereocenters. The van der Waals surface area contributed by atoms with E-state index in [0.717, 1.165) is 74.5 Å². The molecule has 1 aromatic carbocycles. The molecule has 1 amide bonds. The summed E-state index contributed by atoms with van der Waals surface area (Å²) in [7, 11) is 1.64. The highest BCUT2D eigenvalue weighted by Crippen LogP contribution is 2.41. The number of amides is 1. The van der Waals surface area contributed by atoms with Crippen LogP contribution in [0.5, 0.6) is 0 Å². The summed E-state index contributed by atoms with van der Waals surface area (Å²) in [5.74, 6) is -0.102. The Morgan fingerprint density at radius 3 is 2.72 bits per heavy atom. The zero-order valence-corrected chi connectivity index (χ0v) is 26.6. The highest BCUT2D eigenvalue weighted by Gasteiger charge is 2.34. The first-order valence-corrected chi connectivity index (χ1v) is 16.9. The number of ether oxygens (including phenoxy) is 1. The molecule has 1 saturated heterocycles. The quantitative estimate of drug-likeness (QED) is 0.314. The van der Waals surface area contributed by atoms with Gasteiger partial charge in [-0.05, 0) is 78.6 Å². The summed E-state index contributed by atoms with van der Waals surface area (Å²) in [6.45, 7) is 3.31. The first-order chi connectivity index (χ1) is 22.4. The fourth-order valence-corrected chi connectivity index (χ4v) is 8.76. The predicted molar refractivity (Wildman–Crippen MR) is 176 cm³/mol. The number of rotatable bonds is 6. The van der Waals surface area contributed by atoms with E-state index in [-0.39, 0.29) is 17.2 Å². The van der Waals surface area contributed by atoms with E-state index in [0.29, 0.717) is 47.2 Å². The summed E-state index contributed by atoms with van der Waals surface area (Å²) in [5, 5.41) is 13.9. The standard InChI is InChI=1S/C35H36FN5O4S/c1-39-15-21(12-29(34(39)43)38-32-7-6-20-16-40(23-18-45-19-23)10-9-28(20)37-32)26-13-22(36)14-30(27(26)17-42)41-11-8-25-24-4-2-3-5-31(24)46-33(25)35(41)44/h6-7,12-15,23,42H,2-5,8-11,16-19H2,1H3,(H,37,38). The molecule has 3 aliphatic heterocycles. The summed E-state index contributed by atoms with van der Waals surface area (Å²) in [4.78, 5) is 38.0. The van der Waals surface area contributed by atoms with E-state index >= 15 is 4.39 Å². The topological polar surface area (TPSA) is 99.9 Å². The van der Waals surface area contributed by atoms with Crippen molar-refractivity contribution in [2.24, 2.45) is 7.05 Å². The van der Waals surface area contributed by atoms with Crippen molar-refractivity contribution in [2.75, 3.05) is 36.5 Å². The Labute approximate surface area is 270 Å². The van der Waals surface area contributed by atoms with E-state index in [1.165, 1.54) is 32.7 Å². The molecule has 0 bridgehead atoms. The molecule has 2 N–H and O–H groups in total. The van der Waals surface area contributed by atoms with Crippen LogP contribution in [0.3, 0.4) is 0 Å². The number of pyridine rings is 2. The van der Waals surface area contributed by atoms with Gasteiger partial charge in [0, 0.05) is 61.0 Å². The maximum absolute atomic E-state index is 15.4. The number of aliphatic hydroxyl groups is 1. The van der Waals surface area contributed by atoms with Crippen molar-refractivity contribution in [3.63, 3.8) is 0 Å². The molecule has 238 valence electrons. The number of aromatic nitrogens is 2. The number of nitrogens with zero attached hydrogens (tertiary/aromatic N) is 4. The minimum absolute atomic E-state index is 0.141. The zero-order valence-electron chi connectivity index (χ0n) is 25.8. The number of halogens is 1. The number of thiophene rings is 1. The number of fused-ring (bicyclic) bond motifs is 4. The molecule has 0 unspecified atom stereocenters. The van der Waals surface area contributed by atoms with Crippen molar-refractivity contribution in [2.45, 2.75) is 57.7 Å². The molecule has 11 heteroatoms. The molecular formula is C35H36FN5O4S. The average Bonchev–Trinajstić information content (AvgIpc) is 3.42. The van der Waals surface area contributed by atoms with Crippen LogP contribution in [0.25, 0.3) is 11.1 Å². The van der Waals surface area contributed by atoms with E-state index in [4.69, 9.17) is 9.72 Å². The Bertz CT molecular complexity index is 1930. The van der Waals surface area contributed by atoms with Gasteiger partial charge in [-0.15, -0.1) is 11.3 Å². The molecular weight excluding hydrogens is 605 g/mol. The first kappa shape index (κ1) is 29.5. The van der Waals surface area contributed by atoms with Gasteiger partial charge < -0.3 is 24.6 Å². The van der Waals surface area contributed by atoms with E-state index in [1.807, 2.05) is 6.07 Å². The number of nitrogens with one attached hydrogen (secondary N) is 1. The lowest BCUT2D eigenvalue weighted by Crippen LogP contribution is -2.50. The second-order valence-corrected chi connectivity index (χ2v) is 13.8. The third kappa shape index (κ3) is 5.06. The second-order valence-electron chi connectivity index (χ2n) is 12.7. The fourth-order valence-electron chi connectivity index (χ4n) is 7.37. The lowest BCUT2D eigenvalue weighted by Gasteiger charge is -2.39. The van der Waals surface area contributed by atoms with Crippen LogP contribution >= 0.6 is 11.3 Å². The van der Waals surface area contributed by atoms with Crippen LogP contribution in [0.2, 0.25) is 0 Å². The second kappa shape index (κ2) is 11.7. The van der Waals surface area contributed by atoms with Gasteiger partial charge in [0.1, 0.15) is 17.3 Å². The van der Waals surface area contributed by atoms with Crippen molar-refractivity contribution >= 4 is 34.4 Å². The van der Waals surface area contributed by atoms with Gasteiger partial charge in [-0.1, -0.05) is 6.07 Å². The molecule has 0 saturated carbocycles. The van der Waals surface area contributed by atoms with Gasteiger partial charge in [0.2, 0.25) is 0 Å². The number of aryl methyl sites for hydroxylation is 2. The molecule has 1 fully saturated rings. The van der Waals surface area contributed by atoms with Crippen LogP contribution in [0.1, 0.15) is 55.3 Å². The van der Waals surface area contributed by atoms with Crippen LogP contribution in [0, 0.1) is 5.82 Å². The van der Waals surface area contributed by atoms with Crippen LogP contribution < -0.4 is 15.8 Å². The molecule has 4 aliphatic rings.